The van der Waals surface area contributed by atoms with Gasteiger partial charge in [0.1, 0.15) is 47.0 Å². The molecule has 58 heavy (non-hydrogen) atoms. The molecular weight excluding hydrogens is 810 g/mol. The number of pyridine rings is 1. The number of carbonyl (C=O) groups excluding carboxylic acids is 5. The molecule has 23 heteroatoms. The van der Waals surface area contributed by atoms with Gasteiger partial charge in [-0.05, 0) is 85.1 Å². The zero-order chi connectivity index (χ0) is 42.4. The molecule has 3 unspecified atom stereocenters. The van der Waals surface area contributed by atoms with E-state index in [9.17, 15) is 24.0 Å². The SMILES string of the molecule is [B]P(C)OC(=O)C1=C(C[n+]2cccc3c2ncn3CCCCNC(=O)OC(C)(C)C)CSC2C(NC(=O)/C(=N\OCC)c3nsc(NC(=O)OC(C)(C)C)n3)C(=O)N12. The zero-order valence-electron chi connectivity index (χ0n) is 33.6. The first kappa shape index (κ1) is 44.3. The second kappa shape index (κ2) is 18.8. The van der Waals surface area contributed by atoms with Gasteiger partial charge in [-0.15, -0.1) is 11.8 Å². The summed E-state index contributed by atoms with van der Waals surface area (Å²) in [5.74, 6) is -1.92. The van der Waals surface area contributed by atoms with Gasteiger partial charge in [-0.3, -0.25) is 19.8 Å². The van der Waals surface area contributed by atoms with Crippen LogP contribution in [0.15, 0.2) is 41.1 Å². The van der Waals surface area contributed by atoms with Gasteiger partial charge in [-0.25, -0.2) is 19.0 Å². The Hall–Kier alpha value is -4.82. The van der Waals surface area contributed by atoms with Crippen LogP contribution in [-0.2, 0) is 46.3 Å². The molecule has 3 aromatic rings. The first-order chi connectivity index (χ1) is 27.3. The average Bonchev–Trinajstić information content (AvgIpc) is 3.76. The predicted octanol–water partition coefficient (Wildman–Crippen LogP) is 3.58. The Morgan fingerprint density at radius 2 is 1.83 bits per heavy atom. The largest absolute Gasteiger partial charge is 0.452 e. The number of ether oxygens (including phenoxy) is 2. The van der Waals surface area contributed by atoms with Crippen LogP contribution >= 0.6 is 31.3 Å². The summed E-state index contributed by atoms with van der Waals surface area (Å²) in [4.78, 5) is 80.6. The monoisotopic (exact) mass is 857 g/mol. The van der Waals surface area contributed by atoms with Gasteiger partial charge in [0.15, 0.2) is 7.57 Å². The summed E-state index contributed by atoms with van der Waals surface area (Å²) in [6.07, 6.45) is 3.87. The van der Waals surface area contributed by atoms with E-state index in [0.29, 0.717) is 30.1 Å². The van der Waals surface area contributed by atoms with Gasteiger partial charge in [0.05, 0.1) is 6.20 Å². The van der Waals surface area contributed by atoms with Crippen LogP contribution in [0, 0.1) is 0 Å². The van der Waals surface area contributed by atoms with Gasteiger partial charge in [-0.2, -0.15) is 9.36 Å². The molecule has 2 aliphatic rings. The third kappa shape index (κ3) is 11.4. The molecule has 2 radical (unpaired) electrons. The number of nitrogens with zero attached hydrogens (tertiary/aromatic N) is 7. The number of imidazole rings is 1. The van der Waals surface area contributed by atoms with Crippen LogP contribution in [0.4, 0.5) is 14.7 Å². The molecule has 3 aromatic heterocycles. The fourth-order valence-corrected chi connectivity index (χ4v) is 8.00. The van der Waals surface area contributed by atoms with E-state index in [1.54, 1.807) is 40.7 Å². The van der Waals surface area contributed by atoms with Crippen LogP contribution in [0.5, 0.6) is 0 Å². The molecule has 0 bridgehead atoms. The van der Waals surface area contributed by atoms with Crippen LogP contribution in [0.2, 0.25) is 0 Å². The summed E-state index contributed by atoms with van der Waals surface area (Å²) >= 11 is 2.16. The number of alkyl carbamates (subject to hydrolysis) is 1. The predicted molar refractivity (Wildman–Crippen MR) is 218 cm³/mol. The maximum absolute atomic E-state index is 13.8. The molecule has 2 aliphatic heterocycles. The number of thioether (sulfide) groups is 1. The standard InChI is InChI=1S/C35H46BN10O9PS2/c1-9-52-42-22(25-40-31(58-43-25)41-33(51)54-35(5,6)7)27(47)39-23-28(48)46-24(30(49)55-56(8)36)20(18-57-29(23)46)17-44-16-12-13-21-26(44)38-19-45(21)15-11-10-14-37-32(50)53-34(2,3)4/h12-13,16,19,23,29H,9-11,14-15,17-18H2,1-8H3,(H2-,37,39,40,41,43,47,50,51)/p+1/b42-22-. The lowest BCUT2D eigenvalue weighted by Crippen LogP contribution is -2.71. The lowest BCUT2D eigenvalue weighted by molar-refractivity contribution is -0.664. The normalized spacial score (nSPS) is 17.6. The van der Waals surface area contributed by atoms with Crippen molar-refractivity contribution in [3.63, 3.8) is 0 Å². The van der Waals surface area contributed by atoms with E-state index in [4.69, 9.17) is 26.4 Å². The number of rotatable bonds is 15. The van der Waals surface area contributed by atoms with E-state index in [0.717, 1.165) is 29.9 Å². The summed E-state index contributed by atoms with van der Waals surface area (Å²) < 4.78 is 24.1. The Bertz CT molecular complexity index is 2100. The molecule has 5 heterocycles. The molecular formula is C35H47BN10O9PS2+. The number of anilines is 1. The van der Waals surface area contributed by atoms with Gasteiger partial charge in [0.25, 0.3) is 11.8 Å². The highest BCUT2D eigenvalue weighted by Gasteiger charge is 2.55. The Morgan fingerprint density at radius 1 is 1.10 bits per heavy atom. The van der Waals surface area contributed by atoms with Gasteiger partial charge in [0.2, 0.25) is 23.0 Å². The summed E-state index contributed by atoms with van der Waals surface area (Å²) in [6, 6.07) is 2.78. The first-order valence-electron chi connectivity index (χ1n) is 18.4. The minimum absolute atomic E-state index is 0.0524. The molecule has 1 fully saturated rings. The van der Waals surface area contributed by atoms with Gasteiger partial charge < -0.3 is 34.0 Å². The Labute approximate surface area is 346 Å². The molecule has 0 aromatic carbocycles. The van der Waals surface area contributed by atoms with Crippen LogP contribution in [0.1, 0.15) is 67.1 Å². The summed E-state index contributed by atoms with van der Waals surface area (Å²) in [5.41, 5.74) is 0.556. The second-order valence-electron chi connectivity index (χ2n) is 15.1. The van der Waals surface area contributed by atoms with Gasteiger partial charge in [0, 0.05) is 44.0 Å². The van der Waals surface area contributed by atoms with Crippen LogP contribution < -0.4 is 20.5 Å². The molecule has 0 saturated carbocycles. The highest BCUT2D eigenvalue weighted by Crippen LogP contribution is 2.42. The number of oxime groups is 1. The molecule has 3 N–H and O–H groups in total. The second-order valence-corrected chi connectivity index (χ2v) is 18.2. The van der Waals surface area contributed by atoms with E-state index in [2.05, 4.69) is 35.4 Å². The fourth-order valence-electron chi connectivity index (χ4n) is 5.76. The summed E-state index contributed by atoms with van der Waals surface area (Å²) in [5, 5.41) is 11.2. The molecule has 0 aliphatic carbocycles. The lowest BCUT2D eigenvalue weighted by Gasteiger charge is -2.49. The van der Waals surface area contributed by atoms with Crippen molar-refractivity contribution in [3.05, 3.63) is 41.8 Å². The van der Waals surface area contributed by atoms with Crippen LogP contribution in [-0.4, -0.2) is 115 Å². The molecule has 4 amide bonds. The number of hydrogen-bond acceptors (Lipinski definition) is 15. The van der Waals surface area contributed by atoms with Crippen molar-refractivity contribution in [2.45, 2.75) is 97.0 Å². The van der Waals surface area contributed by atoms with Crippen molar-refractivity contribution < 1.29 is 47.4 Å². The van der Waals surface area contributed by atoms with Crippen molar-refractivity contribution in [1.29, 1.82) is 0 Å². The Morgan fingerprint density at radius 3 is 2.52 bits per heavy atom. The fraction of sp³-hybridized carbons (Fsp3) is 0.543. The van der Waals surface area contributed by atoms with Gasteiger partial charge in [-0.1, -0.05) is 5.16 Å². The topological polar surface area (TPSA) is 221 Å². The smallest absolute Gasteiger partial charge is 0.414 e. The molecule has 0 spiro atoms. The number of fused-ring (bicyclic) bond motifs is 2. The Kier molecular flexibility index (Phi) is 14.4. The summed E-state index contributed by atoms with van der Waals surface area (Å²) in [7, 11) is 4.29. The number of hydrogen-bond donors (Lipinski definition) is 3. The van der Waals surface area contributed by atoms with Crippen molar-refractivity contribution in [1.82, 2.24) is 34.4 Å². The van der Waals surface area contributed by atoms with Crippen LogP contribution in [0.25, 0.3) is 11.2 Å². The van der Waals surface area contributed by atoms with Gasteiger partial charge >= 0.3 is 23.8 Å². The third-order valence-corrected chi connectivity index (χ3v) is 10.4. The number of β-lactam (4-membered cyclic amide) rings is 1. The average molecular weight is 858 g/mol. The molecule has 1 saturated heterocycles. The van der Waals surface area contributed by atoms with E-state index in [-0.39, 0.29) is 35.5 Å². The Balaban J connectivity index is 1.29. The number of aryl methyl sites for hydroxylation is 1. The zero-order valence-corrected chi connectivity index (χ0v) is 36.1. The maximum Gasteiger partial charge on any atom is 0.414 e. The number of nitrogens with one attached hydrogen (secondary N) is 3. The van der Waals surface area contributed by atoms with Crippen molar-refractivity contribution in [2.75, 3.05) is 30.9 Å². The number of amides is 4. The van der Waals surface area contributed by atoms with Crippen LogP contribution in [0.3, 0.4) is 0 Å². The number of carbonyl (C=O) groups is 5. The molecule has 5 rings (SSSR count). The lowest BCUT2D eigenvalue weighted by atomic mass is 10.0. The highest BCUT2D eigenvalue weighted by molar-refractivity contribution is 8.00. The van der Waals surface area contributed by atoms with E-state index in [1.807, 2.05) is 48.2 Å². The van der Waals surface area contributed by atoms with Crippen molar-refractivity contribution >= 4 is 90.9 Å². The maximum atomic E-state index is 13.8. The quantitative estimate of drug-likeness (QED) is 0.0379. The van der Waals surface area contributed by atoms with Crippen molar-refractivity contribution in [2.24, 2.45) is 5.16 Å². The molecule has 310 valence electrons. The molecule has 3 atom stereocenters. The van der Waals surface area contributed by atoms with E-state index >= 15 is 0 Å². The van der Waals surface area contributed by atoms with E-state index in [1.165, 1.54) is 16.7 Å². The highest BCUT2D eigenvalue weighted by atomic mass is 32.2. The van der Waals surface area contributed by atoms with Crippen molar-refractivity contribution in [3.8, 4) is 0 Å². The summed E-state index contributed by atoms with van der Waals surface area (Å²) in [6.45, 7) is 15.3. The number of aromatic nitrogens is 5. The third-order valence-electron chi connectivity index (χ3n) is 8.01. The first-order valence-corrected chi connectivity index (χ1v) is 22.0. The molecule has 19 nitrogen and oxygen atoms in total. The minimum Gasteiger partial charge on any atom is -0.452 e. The number of unbranched alkanes of at least 4 members (excludes halogenated alkanes) is 1. The minimum atomic E-state index is -1.61. The van der Waals surface area contributed by atoms with E-state index < -0.39 is 60.6 Å².